The molecule has 2 aromatic carbocycles. The summed E-state index contributed by atoms with van der Waals surface area (Å²) in [7, 11) is 0. The number of nitrogens with zero attached hydrogens (tertiary/aromatic N) is 3. The summed E-state index contributed by atoms with van der Waals surface area (Å²) in [4.78, 5) is 21.2. The number of carbonyl (C=O) groups is 1. The number of anilines is 1. The van der Waals surface area contributed by atoms with Crippen molar-refractivity contribution in [2.24, 2.45) is 0 Å². The van der Waals surface area contributed by atoms with Gasteiger partial charge in [0.25, 0.3) is 0 Å². The van der Waals surface area contributed by atoms with Crippen LogP contribution >= 0.6 is 15.9 Å². The van der Waals surface area contributed by atoms with Crippen molar-refractivity contribution in [3.63, 3.8) is 0 Å². The minimum Gasteiger partial charge on any atom is -0.383 e. The number of imidazole rings is 1. The fourth-order valence-electron chi connectivity index (χ4n) is 4.07. The van der Waals surface area contributed by atoms with Crippen LogP contribution in [0, 0.1) is 0 Å². The van der Waals surface area contributed by atoms with Crippen molar-refractivity contribution in [3.8, 4) is 5.69 Å². The molecular weight excluding hydrogens is 442 g/mol. The molecule has 1 fully saturated rings. The Hall–Kier alpha value is -3.19. The zero-order valence-electron chi connectivity index (χ0n) is 16.0. The summed E-state index contributed by atoms with van der Waals surface area (Å²) >= 11 is 3.49. The molecule has 148 valence electrons. The first-order chi connectivity index (χ1) is 14.6. The van der Waals surface area contributed by atoms with Gasteiger partial charge in [0, 0.05) is 22.4 Å². The third kappa shape index (κ3) is 2.81. The molecule has 2 aliphatic carbocycles. The first kappa shape index (κ1) is 17.7. The molecule has 1 saturated carbocycles. The van der Waals surface area contributed by atoms with E-state index in [9.17, 15) is 4.79 Å². The second kappa shape index (κ2) is 6.40. The smallest absolute Gasteiger partial charge is 0.194 e. The molecule has 6 nitrogen and oxygen atoms in total. The fraction of sp³-hybridized carbons (Fsp3) is 0.174. The lowest BCUT2D eigenvalue weighted by Gasteiger charge is -2.05. The molecule has 6 rings (SSSR count). The van der Waals surface area contributed by atoms with E-state index in [0.29, 0.717) is 23.7 Å². The van der Waals surface area contributed by atoms with Crippen LogP contribution in [0.3, 0.4) is 0 Å². The minimum absolute atomic E-state index is 0.0790. The summed E-state index contributed by atoms with van der Waals surface area (Å²) in [5.74, 6) is 1.87. The van der Waals surface area contributed by atoms with Crippen molar-refractivity contribution in [2.45, 2.75) is 25.2 Å². The van der Waals surface area contributed by atoms with Crippen LogP contribution in [0.2, 0.25) is 0 Å². The molecule has 7 heteroatoms. The molecule has 0 aliphatic heterocycles. The average Bonchev–Trinajstić information content (AvgIpc) is 3.18. The van der Waals surface area contributed by atoms with E-state index < -0.39 is 0 Å². The van der Waals surface area contributed by atoms with Gasteiger partial charge < -0.3 is 10.7 Å². The SMILES string of the molecule is Nc1c(C(=O)C2=Cc3ccc(Br)cc3C2)cnn1-c1ccc2nc(C3CC3)[nH]c2c1. The number of allylic oxidation sites excluding steroid dienone is 1. The van der Waals surface area contributed by atoms with Crippen LogP contribution in [0.25, 0.3) is 22.8 Å². The maximum Gasteiger partial charge on any atom is 0.194 e. The summed E-state index contributed by atoms with van der Waals surface area (Å²) in [5, 5.41) is 4.40. The lowest BCUT2D eigenvalue weighted by atomic mass is 10.0. The Morgan fingerprint density at radius 2 is 2.07 bits per heavy atom. The number of carbonyl (C=O) groups excluding carboxylic acids is 1. The van der Waals surface area contributed by atoms with Crippen molar-refractivity contribution in [2.75, 3.05) is 5.73 Å². The van der Waals surface area contributed by atoms with E-state index in [-0.39, 0.29) is 5.78 Å². The van der Waals surface area contributed by atoms with Gasteiger partial charge in [0.1, 0.15) is 11.6 Å². The number of aromatic nitrogens is 4. The van der Waals surface area contributed by atoms with Gasteiger partial charge in [0.05, 0.1) is 28.5 Å². The van der Waals surface area contributed by atoms with Gasteiger partial charge in [-0.15, -0.1) is 0 Å². The number of aromatic amines is 1. The van der Waals surface area contributed by atoms with Gasteiger partial charge in [0.15, 0.2) is 5.78 Å². The van der Waals surface area contributed by atoms with Crippen LogP contribution < -0.4 is 5.73 Å². The van der Waals surface area contributed by atoms with E-state index in [0.717, 1.165) is 43.7 Å². The Morgan fingerprint density at radius 1 is 1.20 bits per heavy atom. The van der Waals surface area contributed by atoms with E-state index in [1.54, 1.807) is 10.9 Å². The Morgan fingerprint density at radius 3 is 2.90 bits per heavy atom. The van der Waals surface area contributed by atoms with Crippen molar-refractivity contribution in [1.29, 1.82) is 0 Å². The van der Waals surface area contributed by atoms with Gasteiger partial charge >= 0.3 is 0 Å². The molecule has 4 aromatic rings. The predicted molar refractivity (Wildman–Crippen MR) is 120 cm³/mol. The minimum atomic E-state index is -0.0790. The predicted octanol–water partition coefficient (Wildman–Crippen LogP) is 4.79. The molecule has 0 radical (unpaired) electrons. The molecule has 0 unspecified atom stereocenters. The third-order valence-corrected chi connectivity index (χ3v) is 6.34. The first-order valence-electron chi connectivity index (χ1n) is 9.94. The number of hydrogen-bond acceptors (Lipinski definition) is 4. The van der Waals surface area contributed by atoms with E-state index in [1.807, 2.05) is 36.4 Å². The summed E-state index contributed by atoms with van der Waals surface area (Å²) in [6, 6.07) is 11.9. The van der Waals surface area contributed by atoms with Crippen LogP contribution in [-0.4, -0.2) is 25.5 Å². The lowest BCUT2D eigenvalue weighted by Crippen LogP contribution is -2.08. The first-order valence-corrected chi connectivity index (χ1v) is 10.7. The number of hydrogen-bond donors (Lipinski definition) is 2. The van der Waals surface area contributed by atoms with Gasteiger partial charge in [-0.1, -0.05) is 22.0 Å². The zero-order valence-corrected chi connectivity index (χ0v) is 17.6. The highest BCUT2D eigenvalue weighted by molar-refractivity contribution is 9.10. The number of halogens is 1. The van der Waals surface area contributed by atoms with Crippen LogP contribution in [0.1, 0.15) is 46.1 Å². The van der Waals surface area contributed by atoms with Crippen molar-refractivity contribution >= 4 is 44.6 Å². The molecule has 0 spiro atoms. The van der Waals surface area contributed by atoms with E-state index in [2.05, 4.69) is 37.1 Å². The zero-order chi connectivity index (χ0) is 20.4. The standard InChI is InChI=1S/C23H18BrN5O/c24-16-4-3-13-7-15(8-14(13)9-16)21(30)18-11-26-29(22(18)25)17-5-6-19-20(10-17)28-23(27-19)12-1-2-12/h3-7,9-12H,1-2,8,25H2,(H,27,28). The third-order valence-electron chi connectivity index (χ3n) is 5.85. The Labute approximate surface area is 180 Å². The Bertz CT molecular complexity index is 1380. The maximum atomic E-state index is 13.1. The van der Waals surface area contributed by atoms with E-state index in [4.69, 9.17) is 5.73 Å². The number of ketones is 1. The molecule has 2 heterocycles. The van der Waals surface area contributed by atoms with Crippen LogP contribution in [0.15, 0.2) is 52.6 Å². The van der Waals surface area contributed by atoms with Crippen molar-refractivity contribution in [1.82, 2.24) is 19.7 Å². The number of H-pyrrole nitrogens is 1. The number of Topliss-reactive ketones (excluding diaryl/α,β-unsaturated/α-hetero) is 1. The van der Waals surface area contributed by atoms with Crippen molar-refractivity contribution in [3.05, 3.63) is 75.2 Å². The van der Waals surface area contributed by atoms with Gasteiger partial charge in [-0.2, -0.15) is 5.10 Å². The quantitative estimate of drug-likeness (QED) is 0.429. The molecule has 0 saturated heterocycles. The second-order valence-electron chi connectivity index (χ2n) is 7.97. The monoisotopic (exact) mass is 459 g/mol. The largest absolute Gasteiger partial charge is 0.383 e. The van der Waals surface area contributed by atoms with Gasteiger partial charge in [-0.05, 0) is 60.4 Å². The molecular formula is C23H18BrN5O. The number of rotatable bonds is 4. The van der Waals surface area contributed by atoms with E-state index >= 15 is 0 Å². The van der Waals surface area contributed by atoms with Gasteiger partial charge in [0.2, 0.25) is 0 Å². The lowest BCUT2D eigenvalue weighted by molar-refractivity contribution is 0.103. The van der Waals surface area contributed by atoms with Gasteiger partial charge in [-0.3, -0.25) is 4.79 Å². The van der Waals surface area contributed by atoms with E-state index in [1.165, 1.54) is 12.8 Å². The van der Waals surface area contributed by atoms with Gasteiger partial charge in [-0.25, -0.2) is 9.67 Å². The summed E-state index contributed by atoms with van der Waals surface area (Å²) in [5.41, 5.74) is 12.4. The summed E-state index contributed by atoms with van der Waals surface area (Å²) < 4.78 is 2.62. The number of benzene rings is 2. The molecule has 0 bridgehead atoms. The van der Waals surface area contributed by atoms with Crippen LogP contribution in [-0.2, 0) is 6.42 Å². The second-order valence-corrected chi connectivity index (χ2v) is 8.89. The number of nitrogen functional groups attached to an aromatic ring is 1. The Kier molecular flexibility index (Phi) is 3.77. The molecule has 0 atom stereocenters. The molecule has 0 amide bonds. The number of nitrogens with two attached hydrogens (primary N) is 1. The molecule has 2 aliphatic rings. The number of fused-ring (bicyclic) bond motifs is 2. The highest BCUT2D eigenvalue weighted by Gasteiger charge is 2.27. The average molecular weight is 460 g/mol. The Balaban J connectivity index is 1.32. The highest BCUT2D eigenvalue weighted by atomic mass is 79.9. The molecule has 2 aromatic heterocycles. The summed E-state index contributed by atoms with van der Waals surface area (Å²) in [6.45, 7) is 0. The topological polar surface area (TPSA) is 89.6 Å². The van der Waals surface area contributed by atoms with Crippen molar-refractivity contribution < 1.29 is 4.79 Å². The normalized spacial score (nSPS) is 15.4. The molecule has 3 N–H and O–H groups in total. The maximum absolute atomic E-state index is 13.1. The molecule has 30 heavy (non-hydrogen) atoms. The summed E-state index contributed by atoms with van der Waals surface area (Å²) in [6.07, 6.45) is 6.49. The van der Waals surface area contributed by atoms with Crippen LogP contribution in [0.4, 0.5) is 5.82 Å². The van der Waals surface area contributed by atoms with Crippen LogP contribution in [0.5, 0.6) is 0 Å². The highest BCUT2D eigenvalue weighted by Crippen LogP contribution is 2.39. The fourth-order valence-corrected chi connectivity index (χ4v) is 4.48. The number of nitrogens with one attached hydrogen (secondary N) is 1.